The molecule has 1 saturated heterocycles. The number of carbonyl (C=O) groups is 3. The molecule has 2 N–H and O–H groups in total. The molecule has 148 valence electrons. The molecular weight excluding hydrogens is 342 g/mol. The van der Waals surface area contributed by atoms with E-state index in [4.69, 9.17) is 0 Å². The number of likely N-dealkylation sites (tertiary alicyclic amines) is 1. The van der Waals surface area contributed by atoms with Crippen molar-refractivity contribution >= 4 is 17.7 Å². The van der Waals surface area contributed by atoms with Crippen LogP contribution in [-0.2, 0) is 14.4 Å². The zero-order chi connectivity index (χ0) is 19.8. The van der Waals surface area contributed by atoms with Gasteiger partial charge in [0, 0.05) is 32.5 Å². The van der Waals surface area contributed by atoms with Crippen molar-refractivity contribution in [3.8, 4) is 0 Å². The second-order valence-electron chi connectivity index (χ2n) is 7.69. The first-order chi connectivity index (χ1) is 12.8. The quantitative estimate of drug-likeness (QED) is 0.770. The Morgan fingerprint density at radius 1 is 1.07 bits per heavy atom. The van der Waals surface area contributed by atoms with Crippen molar-refractivity contribution in [3.63, 3.8) is 0 Å². The van der Waals surface area contributed by atoms with Crippen LogP contribution < -0.4 is 10.6 Å². The van der Waals surface area contributed by atoms with Gasteiger partial charge in [-0.3, -0.25) is 14.4 Å². The van der Waals surface area contributed by atoms with Crippen LogP contribution in [0.15, 0.2) is 30.3 Å². The number of nitrogens with one attached hydrogen (secondary N) is 2. The van der Waals surface area contributed by atoms with E-state index in [1.54, 1.807) is 0 Å². The Morgan fingerprint density at radius 3 is 2.26 bits per heavy atom. The number of rotatable bonds is 7. The minimum Gasteiger partial charge on any atom is -0.353 e. The molecule has 0 aliphatic carbocycles. The summed E-state index contributed by atoms with van der Waals surface area (Å²) < 4.78 is 0. The number of amides is 3. The van der Waals surface area contributed by atoms with E-state index >= 15 is 0 Å². The van der Waals surface area contributed by atoms with Crippen molar-refractivity contribution in [1.29, 1.82) is 0 Å². The zero-order valence-electron chi connectivity index (χ0n) is 16.5. The lowest BCUT2D eigenvalue weighted by Gasteiger charge is -2.33. The summed E-state index contributed by atoms with van der Waals surface area (Å²) in [5.74, 6) is 0.321. The third-order valence-corrected chi connectivity index (χ3v) is 4.76. The first kappa shape index (κ1) is 20.9. The summed E-state index contributed by atoms with van der Waals surface area (Å²) in [5, 5.41) is 5.92. The molecular formula is C21H31N3O3. The van der Waals surface area contributed by atoms with Crippen molar-refractivity contribution in [1.82, 2.24) is 15.5 Å². The molecule has 1 heterocycles. The van der Waals surface area contributed by atoms with Crippen LogP contribution in [-0.4, -0.2) is 41.8 Å². The third kappa shape index (κ3) is 7.04. The summed E-state index contributed by atoms with van der Waals surface area (Å²) in [6, 6.07) is 9.26. The number of hydrogen-bond acceptors (Lipinski definition) is 3. The molecule has 1 atom stereocenters. The average Bonchev–Trinajstić information content (AvgIpc) is 2.61. The van der Waals surface area contributed by atoms with Gasteiger partial charge in [0.2, 0.25) is 17.7 Å². The largest absolute Gasteiger partial charge is 0.353 e. The zero-order valence-corrected chi connectivity index (χ0v) is 16.5. The SMILES string of the molecule is CC(=O)NC(CC(=O)NC1CCN(C(=O)CC(C)C)CC1)c1ccccc1. The second kappa shape index (κ2) is 10.1. The maximum Gasteiger partial charge on any atom is 0.222 e. The van der Waals surface area contributed by atoms with E-state index in [1.807, 2.05) is 49.1 Å². The summed E-state index contributed by atoms with van der Waals surface area (Å²) in [6.45, 7) is 6.92. The second-order valence-corrected chi connectivity index (χ2v) is 7.69. The number of hydrogen-bond donors (Lipinski definition) is 2. The number of piperidine rings is 1. The summed E-state index contributed by atoms with van der Waals surface area (Å²) in [7, 11) is 0. The average molecular weight is 373 g/mol. The normalized spacial score (nSPS) is 16.1. The molecule has 1 unspecified atom stereocenters. The van der Waals surface area contributed by atoms with E-state index in [2.05, 4.69) is 10.6 Å². The molecule has 6 nitrogen and oxygen atoms in total. The van der Waals surface area contributed by atoms with Crippen molar-refractivity contribution in [3.05, 3.63) is 35.9 Å². The van der Waals surface area contributed by atoms with Gasteiger partial charge in [-0.2, -0.15) is 0 Å². The smallest absolute Gasteiger partial charge is 0.222 e. The Balaban J connectivity index is 1.84. The van der Waals surface area contributed by atoms with Crippen LogP contribution in [0.25, 0.3) is 0 Å². The van der Waals surface area contributed by atoms with E-state index in [1.165, 1.54) is 6.92 Å². The highest BCUT2D eigenvalue weighted by molar-refractivity contribution is 5.79. The Morgan fingerprint density at radius 2 is 1.70 bits per heavy atom. The van der Waals surface area contributed by atoms with Gasteiger partial charge in [0.05, 0.1) is 12.5 Å². The van der Waals surface area contributed by atoms with Gasteiger partial charge in [-0.05, 0) is 24.3 Å². The Hall–Kier alpha value is -2.37. The van der Waals surface area contributed by atoms with Gasteiger partial charge in [0.1, 0.15) is 0 Å². The van der Waals surface area contributed by atoms with Crippen LogP contribution in [0, 0.1) is 5.92 Å². The Bertz CT molecular complexity index is 637. The van der Waals surface area contributed by atoms with Crippen LogP contribution in [0.3, 0.4) is 0 Å². The minimum absolute atomic E-state index is 0.0781. The molecule has 1 aromatic carbocycles. The molecule has 1 aliphatic heterocycles. The van der Waals surface area contributed by atoms with Crippen LogP contribution in [0.2, 0.25) is 0 Å². The first-order valence-corrected chi connectivity index (χ1v) is 9.74. The predicted octanol–water partition coefficient (Wildman–Crippen LogP) is 2.41. The van der Waals surface area contributed by atoms with E-state index in [9.17, 15) is 14.4 Å². The monoisotopic (exact) mass is 373 g/mol. The standard InChI is InChI=1S/C21H31N3O3/c1-15(2)13-21(27)24-11-9-18(10-12-24)23-20(26)14-19(22-16(3)25)17-7-5-4-6-8-17/h4-8,15,18-19H,9-14H2,1-3H3,(H,22,25)(H,23,26). The van der Waals surface area contributed by atoms with Crippen LogP contribution >= 0.6 is 0 Å². The highest BCUT2D eigenvalue weighted by atomic mass is 16.2. The lowest BCUT2D eigenvalue weighted by Crippen LogP contribution is -2.47. The van der Waals surface area contributed by atoms with E-state index in [-0.39, 0.29) is 36.2 Å². The van der Waals surface area contributed by atoms with Crippen molar-refractivity contribution in [2.75, 3.05) is 13.1 Å². The van der Waals surface area contributed by atoms with Crippen molar-refractivity contribution in [2.24, 2.45) is 5.92 Å². The lowest BCUT2D eigenvalue weighted by atomic mass is 10.0. The van der Waals surface area contributed by atoms with Gasteiger partial charge in [-0.15, -0.1) is 0 Å². The van der Waals surface area contributed by atoms with Crippen LogP contribution in [0.5, 0.6) is 0 Å². The molecule has 1 aromatic rings. The Kier molecular flexibility index (Phi) is 7.82. The number of carbonyl (C=O) groups excluding carboxylic acids is 3. The van der Waals surface area contributed by atoms with Crippen molar-refractivity contribution in [2.45, 2.75) is 58.5 Å². The molecule has 3 amide bonds. The highest BCUT2D eigenvalue weighted by Gasteiger charge is 2.25. The predicted molar refractivity (Wildman–Crippen MR) is 105 cm³/mol. The van der Waals surface area contributed by atoms with Crippen LogP contribution in [0.1, 0.15) is 58.1 Å². The fourth-order valence-corrected chi connectivity index (χ4v) is 3.41. The topological polar surface area (TPSA) is 78.5 Å². The fraction of sp³-hybridized carbons (Fsp3) is 0.571. The van der Waals surface area contributed by atoms with Gasteiger partial charge >= 0.3 is 0 Å². The summed E-state index contributed by atoms with van der Waals surface area (Å²) in [5.41, 5.74) is 0.914. The maximum atomic E-state index is 12.5. The van der Waals surface area contributed by atoms with Crippen molar-refractivity contribution < 1.29 is 14.4 Å². The van der Waals surface area contributed by atoms with Crippen LogP contribution in [0.4, 0.5) is 0 Å². The summed E-state index contributed by atoms with van der Waals surface area (Å²) in [4.78, 5) is 38.0. The molecule has 1 fully saturated rings. The molecule has 27 heavy (non-hydrogen) atoms. The van der Waals surface area contributed by atoms with E-state index in [0.717, 1.165) is 18.4 Å². The molecule has 2 rings (SSSR count). The van der Waals surface area contributed by atoms with Gasteiger partial charge < -0.3 is 15.5 Å². The maximum absolute atomic E-state index is 12.5. The number of nitrogens with zero attached hydrogens (tertiary/aromatic N) is 1. The highest BCUT2D eigenvalue weighted by Crippen LogP contribution is 2.18. The first-order valence-electron chi connectivity index (χ1n) is 9.74. The molecule has 0 bridgehead atoms. The lowest BCUT2D eigenvalue weighted by molar-refractivity contribution is -0.133. The van der Waals surface area contributed by atoms with E-state index in [0.29, 0.717) is 25.4 Å². The number of benzene rings is 1. The molecule has 6 heteroatoms. The summed E-state index contributed by atoms with van der Waals surface area (Å²) in [6.07, 6.45) is 2.32. The molecule has 0 spiro atoms. The van der Waals surface area contributed by atoms with Gasteiger partial charge in [0.25, 0.3) is 0 Å². The third-order valence-electron chi connectivity index (χ3n) is 4.76. The van der Waals surface area contributed by atoms with Gasteiger partial charge in [-0.1, -0.05) is 44.2 Å². The molecule has 1 aliphatic rings. The van der Waals surface area contributed by atoms with E-state index < -0.39 is 0 Å². The van der Waals surface area contributed by atoms with Gasteiger partial charge in [-0.25, -0.2) is 0 Å². The molecule has 0 saturated carbocycles. The minimum atomic E-state index is -0.337. The fourth-order valence-electron chi connectivity index (χ4n) is 3.41. The Labute approximate surface area is 161 Å². The summed E-state index contributed by atoms with van der Waals surface area (Å²) >= 11 is 0. The molecule has 0 aromatic heterocycles. The molecule has 0 radical (unpaired) electrons. The van der Waals surface area contributed by atoms with Gasteiger partial charge in [0.15, 0.2) is 0 Å².